The minimum atomic E-state index is -0.318. The summed E-state index contributed by atoms with van der Waals surface area (Å²) in [5, 5.41) is 0. The molecular formula is C13H17FN2. The maximum Gasteiger partial charge on any atom is 0.146 e. The molecule has 0 spiro atoms. The molecule has 0 aromatic heterocycles. The van der Waals surface area contributed by atoms with Crippen LogP contribution in [0.15, 0.2) is 29.8 Å². The summed E-state index contributed by atoms with van der Waals surface area (Å²) < 4.78 is 13.2. The van der Waals surface area contributed by atoms with Gasteiger partial charge >= 0.3 is 0 Å². The Morgan fingerprint density at radius 2 is 2.25 bits per heavy atom. The van der Waals surface area contributed by atoms with Crippen molar-refractivity contribution in [3.8, 4) is 0 Å². The summed E-state index contributed by atoms with van der Waals surface area (Å²) in [4.78, 5) is 2.30. The molecule has 3 heteroatoms. The third-order valence-electron chi connectivity index (χ3n) is 2.99. The van der Waals surface area contributed by atoms with Gasteiger partial charge in [-0.1, -0.05) is 17.7 Å². The third kappa shape index (κ3) is 2.61. The molecule has 2 nitrogen and oxygen atoms in total. The maximum atomic E-state index is 13.2. The van der Waals surface area contributed by atoms with Crippen molar-refractivity contribution in [1.82, 2.24) is 4.90 Å². The molecule has 1 aromatic rings. The number of nitrogen functional groups attached to an aromatic ring is 1. The van der Waals surface area contributed by atoms with E-state index in [-0.39, 0.29) is 11.5 Å². The monoisotopic (exact) mass is 220 g/mol. The van der Waals surface area contributed by atoms with Crippen LogP contribution >= 0.6 is 0 Å². The van der Waals surface area contributed by atoms with E-state index in [1.54, 1.807) is 6.07 Å². The van der Waals surface area contributed by atoms with Gasteiger partial charge in [0.25, 0.3) is 0 Å². The zero-order valence-corrected chi connectivity index (χ0v) is 9.54. The fourth-order valence-electron chi connectivity index (χ4n) is 1.88. The van der Waals surface area contributed by atoms with Gasteiger partial charge in [0.1, 0.15) is 5.82 Å². The first kappa shape index (κ1) is 11.1. The molecule has 1 aromatic carbocycles. The SMILES string of the molecule is CC1=CCN(Cc2ccc(N)c(F)c2)CC1. The van der Waals surface area contributed by atoms with Crippen molar-refractivity contribution in [2.24, 2.45) is 0 Å². The van der Waals surface area contributed by atoms with E-state index in [0.717, 1.165) is 31.6 Å². The fourth-order valence-corrected chi connectivity index (χ4v) is 1.88. The predicted octanol–water partition coefficient (Wildman–Crippen LogP) is 2.56. The molecule has 1 aliphatic heterocycles. The van der Waals surface area contributed by atoms with Crippen molar-refractivity contribution < 1.29 is 4.39 Å². The van der Waals surface area contributed by atoms with Crippen molar-refractivity contribution in [2.45, 2.75) is 19.9 Å². The van der Waals surface area contributed by atoms with E-state index in [4.69, 9.17) is 5.73 Å². The number of anilines is 1. The van der Waals surface area contributed by atoms with E-state index in [1.807, 2.05) is 6.07 Å². The molecule has 0 saturated carbocycles. The standard InChI is InChI=1S/C13H17FN2/c1-10-4-6-16(7-5-10)9-11-2-3-13(15)12(14)8-11/h2-4,8H,5-7,9,15H2,1H3. The van der Waals surface area contributed by atoms with Crippen LogP contribution in [0.5, 0.6) is 0 Å². The van der Waals surface area contributed by atoms with Gasteiger partial charge in [-0.25, -0.2) is 4.39 Å². The molecule has 0 unspecified atom stereocenters. The van der Waals surface area contributed by atoms with Gasteiger partial charge in [0.2, 0.25) is 0 Å². The van der Waals surface area contributed by atoms with E-state index >= 15 is 0 Å². The molecule has 0 amide bonds. The number of hydrogen-bond donors (Lipinski definition) is 1. The fraction of sp³-hybridized carbons (Fsp3) is 0.385. The van der Waals surface area contributed by atoms with Crippen molar-refractivity contribution in [1.29, 1.82) is 0 Å². The third-order valence-corrected chi connectivity index (χ3v) is 2.99. The quantitative estimate of drug-likeness (QED) is 0.613. The number of halogens is 1. The average molecular weight is 220 g/mol. The first-order valence-corrected chi connectivity index (χ1v) is 5.57. The second kappa shape index (κ2) is 4.66. The number of rotatable bonds is 2. The van der Waals surface area contributed by atoms with E-state index < -0.39 is 0 Å². The van der Waals surface area contributed by atoms with Gasteiger partial charge in [0.15, 0.2) is 0 Å². The van der Waals surface area contributed by atoms with Crippen molar-refractivity contribution >= 4 is 5.69 Å². The largest absolute Gasteiger partial charge is 0.396 e. The second-order valence-electron chi connectivity index (χ2n) is 4.39. The minimum absolute atomic E-state index is 0.220. The molecule has 0 radical (unpaired) electrons. The van der Waals surface area contributed by atoms with Gasteiger partial charge in [-0.05, 0) is 31.0 Å². The van der Waals surface area contributed by atoms with Crippen LogP contribution in [0.3, 0.4) is 0 Å². The van der Waals surface area contributed by atoms with E-state index in [1.165, 1.54) is 11.6 Å². The van der Waals surface area contributed by atoms with Gasteiger partial charge in [-0.2, -0.15) is 0 Å². The summed E-state index contributed by atoms with van der Waals surface area (Å²) in [7, 11) is 0. The summed E-state index contributed by atoms with van der Waals surface area (Å²) >= 11 is 0. The molecule has 0 saturated heterocycles. The molecule has 0 fully saturated rings. The Morgan fingerprint density at radius 3 is 2.88 bits per heavy atom. The number of hydrogen-bond acceptors (Lipinski definition) is 2. The smallest absolute Gasteiger partial charge is 0.146 e. The Morgan fingerprint density at radius 1 is 1.44 bits per heavy atom. The van der Waals surface area contributed by atoms with Crippen LogP contribution in [0.1, 0.15) is 18.9 Å². The Kier molecular flexibility index (Phi) is 3.25. The first-order valence-electron chi connectivity index (χ1n) is 5.57. The lowest BCUT2D eigenvalue weighted by Crippen LogP contribution is -2.27. The molecule has 2 rings (SSSR count). The van der Waals surface area contributed by atoms with Crippen LogP contribution in [0.4, 0.5) is 10.1 Å². The summed E-state index contributed by atoms with van der Waals surface area (Å²) in [6.07, 6.45) is 3.34. The van der Waals surface area contributed by atoms with E-state index in [9.17, 15) is 4.39 Å². The van der Waals surface area contributed by atoms with Gasteiger partial charge in [0, 0.05) is 19.6 Å². The van der Waals surface area contributed by atoms with Gasteiger partial charge in [-0.15, -0.1) is 0 Å². The van der Waals surface area contributed by atoms with Crippen LogP contribution in [-0.4, -0.2) is 18.0 Å². The maximum absolute atomic E-state index is 13.2. The predicted molar refractivity (Wildman–Crippen MR) is 64.5 cm³/mol. The Balaban J connectivity index is 2.02. The van der Waals surface area contributed by atoms with Gasteiger partial charge < -0.3 is 5.73 Å². The average Bonchev–Trinajstić information content (AvgIpc) is 2.27. The summed E-state index contributed by atoms with van der Waals surface area (Å²) in [5.74, 6) is -0.318. The summed E-state index contributed by atoms with van der Waals surface area (Å²) in [6.45, 7) is 4.95. The van der Waals surface area contributed by atoms with Crippen molar-refractivity contribution in [3.63, 3.8) is 0 Å². The van der Waals surface area contributed by atoms with Gasteiger partial charge in [-0.3, -0.25) is 4.90 Å². The highest BCUT2D eigenvalue weighted by atomic mass is 19.1. The van der Waals surface area contributed by atoms with Crippen LogP contribution in [0, 0.1) is 5.82 Å². The molecule has 0 atom stereocenters. The molecule has 2 N–H and O–H groups in total. The number of nitrogens with zero attached hydrogens (tertiary/aromatic N) is 1. The lowest BCUT2D eigenvalue weighted by Gasteiger charge is -2.25. The molecule has 16 heavy (non-hydrogen) atoms. The highest BCUT2D eigenvalue weighted by Crippen LogP contribution is 2.16. The molecule has 86 valence electrons. The van der Waals surface area contributed by atoms with Crippen LogP contribution < -0.4 is 5.73 Å². The Labute approximate surface area is 95.6 Å². The van der Waals surface area contributed by atoms with Crippen molar-refractivity contribution in [3.05, 3.63) is 41.2 Å². The van der Waals surface area contributed by atoms with Crippen LogP contribution in [0.25, 0.3) is 0 Å². The zero-order chi connectivity index (χ0) is 11.5. The molecule has 0 bridgehead atoms. The molecule has 1 heterocycles. The van der Waals surface area contributed by atoms with E-state index in [2.05, 4.69) is 17.9 Å². The first-order chi connectivity index (χ1) is 7.65. The zero-order valence-electron chi connectivity index (χ0n) is 9.54. The van der Waals surface area contributed by atoms with Crippen molar-refractivity contribution in [2.75, 3.05) is 18.8 Å². The van der Waals surface area contributed by atoms with E-state index in [0.29, 0.717) is 0 Å². The normalized spacial score (nSPS) is 17.2. The topological polar surface area (TPSA) is 29.3 Å². The lowest BCUT2D eigenvalue weighted by atomic mass is 10.1. The lowest BCUT2D eigenvalue weighted by molar-refractivity contribution is 0.285. The Hall–Kier alpha value is -1.35. The molecular weight excluding hydrogens is 203 g/mol. The number of benzene rings is 1. The Bertz CT molecular complexity index is 412. The minimum Gasteiger partial charge on any atom is -0.396 e. The summed E-state index contributed by atoms with van der Waals surface area (Å²) in [5.41, 5.74) is 8.09. The van der Waals surface area contributed by atoms with Crippen LogP contribution in [0.2, 0.25) is 0 Å². The van der Waals surface area contributed by atoms with Crippen LogP contribution in [-0.2, 0) is 6.54 Å². The summed E-state index contributed by atoms with van der Waals surface area (Å²) in [6, 6.07) is 5.06. The number of nitrogens with two attached hydrogens (primary N) is 1. The molecule has 1 aliphatic rings. The highest BCUT2D eigenvalue weighted by Gasteiger charge is 2.10. The van der Waals surface area contributed by atoms with Gasteiger partial charge in [0.05, 0.1) is 5.69 Å². The highest BCUT2D eigenvalue weighted by molar-refractivity contribution is 5.41. The second-order valence-corrected chi connectivity index (χ2v) is 4.39. The molecule has 0 aliphatic carbocycles.